The average molecular weight is 434 g/mol. The highest BCUT2D eigenvalue weighted by Gasteiger charge is 2.28. The maximum Gasteiger partial charge on any atom is 0.166 e. The van der Waals surface area contributed by atoms with Gasteiger partial charge in [0.1, 0.15) is 0 Å². The standard InChI is InChI=1S/C24H20ClN3O3/c1-30-22-8-5-15(11-23(22)31-2)18-12-26-28-13-19-20(27-24(18)28)9-16(10-21(19)29)14-3-6-17(25)7-4-14/h3-8,11-13,16H,9-10H2,1-2H3. The monoisotopic (exact) mass is 433 g/mol. The van der Waals surface area contributed by atoms with Crippen LogP contribution < -0.4 is 9.47 Å². The molecule has 1 aliphatic carbocycles. The number of hydrogen-bond acceptors (Lipinski definition) is 5. The number of ether oxygens (including phenoxy) is 2. The Labute approximate surface area is 184 Å². The Morgan fingerprint density at radius 1 is 1.00 bits per heavy atom. The van der Waals surface area contributed by atoms with Crippen LogP contribution in [0.15, 0.2) is 54.9 Å². The number of halogens is 1. The highest BCUT2D eigenvalue weighted by molar-refractivity contribution is 6.30. The van der Waals surface area contributed by atoms with Crippen molar-refractivity contribution in [3.63, 3.8) is 0 Å². The molecule has 2 aromatic carbocycles. The second-order valence-electron chi connectivity index (χ2n) is 7.58. The van der Waals surface area contributed by atoms with E-state index in [4.69, 9.17) is 26.1 Å². The molecule has 5 rings (SSSR count). The van der Waals surface area contributed by atoms with E-state index < -0.39 is 0 Å². The third-order valence-corrected chi connectivity index (χ3v) is 6.03. The number of rotatable bonds is 4. The highest BCUT2D eigenvalue weighted by Crippen LogP contribution is 2.36. The summed E-state index contributed by atoms with van der Waals surface area (Å²) in [5.74, 6) is 1.46. The third kappa shape index (κ3) is 3.43. The minimum absolute atomic E-state index is 0.0822. The summed E-state index contributed by atoms with van der Waals surface area (Å²) in [5, 5.41) is 5.12. The maximum atomic E-state index is 12.9. The van der Waals surface area contributed by atoms with Crippen LogP contribution in [-0.2, 0) is 6.42 Å². The summed E-state index contributed by atoms with van der Waals surface area (Å²) in [5.41, 5.74) is 5.01. The molecule has 156 valence electrons. The number of methoxy groups -OCH3 is 2. The van der Waals surface area contributed by atoms with Crippen molar-refractivity contribution in [1.82, 2.24) is 14.6 Å². The Kier molecular flexibility index (Phi) is 4.87. The number of hydrogen-bond donors (Lipinski definition) is 0. The quantitative estimate of drug-likeness (QED) is 0.454. The number of carbonyl (C=O) groups excluding carboxylic acids is 1. The first-order chi connectivity index (χ1) is 15.1. The fourth-order valence-corrected chi connectivity index (χ4v) is 4.28. The number of Topliss-reactive ketones (excluding diaryl/α,β-unsaturated/α-hetero) is 1. The zero-order chi connectivity index (χ0) is 21.5. The molecular formula is C24H20ClN3O3. The molecular weight excluding hydrogens is 414 g/mol. The first-order valence-corrected chi connectivity index (χ1v) is 10.3. The molecule has 2 heterocycles. The largest absolute Gasteiger partial charge is 0.493 e. The Morgan fingerprint density at radius 2 is 1.77 bits per heavy atom. The van der Waals surface area contributed by atoms with Gasteiger partial charge in [0.05, 0.1) is 31.7 Å². The van der Waals surface area contributed by atoms with E-state index in [0.29, 0.717) is 40.6 Å². The first-order valence-electron chi connectivity index (χ1n) is 9.95. The fraction of sp³-hybridized carbons (Fsp3) is 0.208. The summed E-state index contributed by atoms with van der Waals surface area (Å²) in [4.78, 5) is 17.7. The minimum Gasteiger partial charge on any atom is -0.493 e. The van der Waals surface area contributed by atoms with Crippen molar-refractivity contribution in [3.8, 4) is 22.6 Å². The van der Waals surface area contributed by atoms with Gasteiger partial charge in [-0.1, -0.05) is 29.8 Å². The molecule has 0 amide bonds. The predicted molar refractivity (Wildman–Crippen MR) is 118 cm³/mol. The highest BCUT2D eigenvalue weighted by atomic mass is 35.5. The van der Waals surface area contributed by atoms with Crippen molar-refractivity contribution < 1.29 is 14.3 Å². The number of benzene rings is 2. The molecule has 2 aromatic heterocycles. The molecule has 0 bridgehead atoms. The van der Waals surface area contributed by atoms with Gasteiger partial charge in [0.25, 0.3) is 0 Å². The average Bonchev–Trinajstić information content (AvgIpc) is 3.20. The maximum absolute atomic E-state index is 12.9. The van der Waals surface area contributed by atoms with E-state index in [0.717, 1.165) is 22.4 Å². The van der Waals surface area contributed by atoms with Crippen molar-refractivity contribution >= 4 is 23.0 Å². The van der Waals surface area contributed by atoms with Crippen LogP contribution in [0.3, 0.4) is 0 Å². The normalized spacial score (nSPS) is 15.7. The zero-order valence-electron chi connectivity index (χ0n) is 17.1. The van der Waals surface area contributed by atoms with Gasteiger partial charge in [-0.25, -0.2) is 9.50 Å². The van der Waals surface area contributed by atoms with Crippen LogP contribution in [0, 0.1) is 0 Å². The molecule has 0 fully saturated rings. The summed E-state index contributed by atoms with van der Waals surface area (Å²) >= 11 is 6.02. The molecule has 6 nitrogen and oxygen atoms in total. The van der Waals surface area contributed by atoms with Crippen LogP contribution in [0.25, 0.3) is 16.8 Å². The van der Waals surface area contributed by atoms with Crippen LogP contribution in [-0.4, -0.2) is 34.6 Å². The van der Waals surface area contributed by atoms with Gasteiger partial charge in [0, 0.05) is 23.2 Å². The predicted octanol–water partition coefficient (Wildman–Crippen LogP) is 4.98. The van der Waals surface area contributed by atoms with Crippen molar-refractivity contribution in [2.75, 3.05) is 14.2 Å². The molecule has 4 aromatic rings. The van der Waals surface area contributed by atoms with Gasteiger partial charge in [-0.15, -0.1) is 0 Å². The second kappa shape index (κ2) is 7.71. The van der Waals surface area contributed by atoms with E-state index in [1.807, 2.05) is 42.5 Å². The van der Waals surface area contributed by atoms with Crippen LogP contribution >= 0.6 is 11.6 Å². The van der Waals surface area contributed by atoms with E-state index in [-0.39, 0.29) is 11.7 Å². The van der Waals surface area contributed by atoms with Gasteiger partial charge >= 0.3 is 0 Å². The van der Waals surface area contributed by atoms with Crippen LogP contribution in [0.2, 0.25) is 5.02 Å². The molecule has 0 spiro atoms. The number of nitrogens with zero attached hydrogens (tertiary/aromatic N) is 3. The van der Waals surface area contributed by atoms with Crippen LogP contribution in [0.1, 0.15) is 34.0 Å². The van der Waals surface area contributed by atoms with Crippen molar-refractivity contribution in [2.45, 2.75) is 18.8 Å². The Hall–Kier alpha value is -3.38. The summed E-state index contributed by atoms with van der Waals surface area (Å²) in [6.45, 7) is 0. The molecule has 1 aliphatic rings. The topological polar surface area (TPSA) is 65.7 Å². The Balaban J connectivity index is 1.57. The van der Waals surface area contributed by atoms with Gasteiger partial charge < -0.3 is 9.47 Å². The van der Waals surface area contributed by atoms with Crippen molar-refractivity contribution in [2.24, 2.45) is 0 Å². The van der Waals surface area contributed by atoms with Gasteiger partial charge in [-0.2, -0.15) is 5.10 Å². The number of carbonyl (C=O) groups is 1. The molecule has 0 radical (unpaired) electrons. The summed E-state index contributed by atoms with van der Waals surface area (Å²) in [7, 11) is 3.21. The van der Waals surface area contributed by atoms with Crippen molar-refractivity contribution in [1.29, 1.82) is 0 Å². The van der Waals surface area contributed by atoms with Crippen LogP contribution in [0.4, 0.5) is 0 Å². The number of aromatic nitrogens is 3. The smallest absolute Gasteiger partial charge is 0.166 e. The summed E-state index contributed by atoms with van der Waals surface area (Å²) in [6, 6.07) is 13.4. The molecule has 1 atom stereocenters. The molecule has 0 saturated carbocycles. The lowest BCUT2D eigenvalue weighted by molar-refractivity contribution is 0.0962. The summed E-state index contributed by atoms with van der Waals surface area (Å²) < 4.78 is 12.4. The third-order valence-electron chi connectivity index (χ3n) is 5.78. The fourth-order valence-electron chi connectivity index (χ4n) is 4.15. The van der Waals surface area contributed by atoms with Crippen LogP contribution in [0.5, 0.6) is 11.5 Å². The van der Waals surface area contributed by atoms with E-state index in [2.05, 4.69) is 5.10 Å². The zero-order valence-corrected chi connectivity index (χ0v) is 17.9. The van der Waals surface area contributed by atoms with E-state index in [9.17, 15) is 4.79 Å². The van der Waals surface area contributed by atoms with Gasteiger partial charge in [0.2, 0.25) is 0 Å². The Bertz CT molecular complexity index is 1300. The molecule has 7 heteroatoms. The first kappa shape index (κ1) is 19.6. The van der Waals surface area contributed by atoms with E-state index >= 15 is 0 Å². The number of fused-ring (bicyclic) bond motifs is 2. The summed E-state index contributed by atoms with van der Waals surface area (Å²) in [6.07, 6.45) is 4.69. The lowest BCUT2D eigenvalue weighted by atomic mass is 9.82. The van der Waals surface area contributed by atoms with Crippen molar-refractivity contribution in [3.05, 3.63) is 76.7 Å². The van der Waals surface area contributed by atoms with Gasteiger partial charge in [0.15, 0.2) is 22.9 Å². The molecule has 31 heavy (non-hydrogen) atoms. The molecule has 0 N–H and O–H groups in total. The second-order valence-corrected chi connectivity index (χ2v) is 8.01. The minimum atomic E-state index is 0.0822. The molecule has 1 unspecified atom stereocenters. The lowest BCUT2D eigenvalue weighted by Crippen LogP contribution is -2.21. The molecule has 0 saturated heterocycles. The van der Waals surface area contributed by atoms with Gasteiger partial charge in [-0.3, -0.25) is 4.79 Å². The SMILES string of the molecule is COc1ccc(-c2cnn3cc4c(nc23)CC(c2ccc(Cl)cc2)CC4=O)cc1OC. The lowest BCUT2D eigenvalue weighted by Gasteiger charge is -2.23. The number of ketones is 1. The van der Waals surface area contributed by atoms with E-state index in [1.54, 1.807) is 31.1 Å². The Morgan fingerprint density at radius 3 is 2.52 bits per heavy atom. The molecule has 0 aliphatic heterocycles. The van der Waals surface area contributed by atoms with E-state index in [1.165, 1.54) is 0 Å². The van der Waals surface area contributed by atoms with Gasteiger partial charge in [-0.05, 0) is 47.7 Å².